The lowest BCUT2D eigenvalue weighted by Crippen LogP contribution is -2.32. The Hall–Kier alpha value is -1.80. The average molecular weight is 281 g/mol. The lowest BCUT2D eigenvalue weighted by atomic mass is 10.1. The Labute approximate surface area is 127 Å². The van der Waals surface area contributed by atoms with Crippen LogP contribution in [-0.2, 0) is 17.6 Å². The number of anilines is 1. The minimum atomic E-state index is 0.583. The average Bonchev–Trinajstić information content (AvgIpc) is 2.84. The van der Waals surface area contributed by atoms with Crippen molar-refractivity contribution in [2.45, 2.75) is 25.8 Å². The standard InChI is InChI=1S/C19H23NO/c1-16-15-18-9-5-6-10-19(18)20(16)12-14-21-13-11-17-7-3-2-4-8-17/h2-10,16H,11-15H2,1H3. The van der Waals surface area contributed by atoms with Crippen molar-refractivity contribution in [1.82, 2.24) is 0 Å². The van der Waals surface area contributed by atoms with E-state index in [1.54, 1.807) is 0 Å². The van der Waals surface area contributed by atoms with Gasteiger partial charge in [-0.3, -0.25) is 0 Å². The number of nitrogens with zero attached hydrogens (tertiary/aromatic N) is 1. The van der Waals surface area contributed by atoms with Crippen LogP contribution in [0.25, 0.3) is 0 Å². The Morgan fingerprint density at radius 1 is 1.00 bits per heavy atom. The zero-order valence-corrected chi connectivity index (χ0v) is 12.7. The number of para-hydroxylation sites is 1. The summed E-state index contributed by atoms with van der Waals surface area (Å²) in [5, 5.41) is 0. The van der Waals surface area contributed by atoms with E-state index in [0.29, 0.717) is 6.04 Å². The molecule has 2 heteroatoms. The summed E-state index contributed by atoms with van der Waals surface area (Å²) in [6, 6.07) is 19.8. The fourth-order valence-electron chi connectivity index (χ4n) is 3.07. The molecular weight excluding hydrogens is 258 g/mol. The van der Waals surface area contributed by atoms with Gasteiger partial charge in [0, 0.05) is 18.3 Å². The molecule has 3 rings (SSSR count). The fourth-order valence-corrected chi connectivity index (χ4v) is 3.07. The molecule has 0 saturated carbocycles. The maximum atomic E-state index is 5.82. The molecule has 1 unspecified atom stereocenters. The highest BCUT2D eigenvalue weighted by Gasteiger charge is 2.24. The van der Waals surface area contributed by atoms with Gasteiger partial charge in [-0.25, -0.2) is 0 Å². The summed E-state index contributed by atoms with van der Waals surface area (Å²) in [6.45, 7) is 4.87. The van der Waals surface area contributed by atoms with Gasteiger partial charge in [0.25, 0.3) is 0 Å². The molecule has 1 heterocycles. The Kier molecular flexibility index (Phi) is 4.56. The van der Waals surface area contributed by atoms with Crippen molar-refractivity contribution >= 4 is 5.69 Å². The molecule has 2 aromatic carbocycles. The molecule has 2 nitrogen and oxygen atoms in total. The summed E-state index contributed by atoms with van der Waals surface area (Å²) in [7, 11) is 0. The Morgan fingerprint density at radius 2 is 1.76 bits per heavy atom. The van der Waals surface area contributed by atoms with E-state index in [1.165, 1.54) is 16.8 Å². The van der Waals surface area contributed by atoms with Gasteiger partial charge < -0.3 is 9.64 Å². The first-order chi connectivity index (χ1) is 10.3. The van der Waals surface area contributed by atoms with Crippen molar-refractivity contribution in [3.8, 4) is 0 Å². The van der Waals surface area contributed by atoms with Gasteiger partial charge in [0.1, 0.15) is 0 Å². The Morgan fingerprint density at radius 3 is 2.62 bits per heavy atom. The lowest BCUT2D eigenvalue weighted by Gasteiger charge is -2.24. The van der Waals surface area contributed by atoms with E-state index in [1.807, 2.05) is 0 Å². The number of hydrogen-bond donors (Lipinski definition) is 0. The van der Waals surface area contributed by atoms with Gasteiger partial charge in [-0.15, -0.1) is 0 Å². The first-order valence-corrected chi connectivity index (χ1v) is 7.81. The molecule has 0 bridgehead atoms. The van der Waals surface area contributed by atoms with Crippen molar-refractivity contribution in [2.75, 3.05) is 24.7 Å². The van der Waals surface area contributed by atoms with Crippen molar-refractivity contribution in [2.24, 2.45) is 0 Å². The number of benzene rings is 2. The molecule has 0 N–H and O–H groups in total. The lowest BCUT2D eigenvalue weighted by molar-refractivity contribution is 0.142. The van der Waals surface area contributed by atoms with Gasteiger partial charge in [0.2, 0.25) is 0 Å². The molecule has 0 aliphatic carbocycles. The number of ether oxygens (including phenoxy) is 1. The number of rotatable bonds is 6. The van der Waals surface area contributed by atoms with E-state index < -0.39 is 0 Å². The zero-order chi connectivity index (χ0) is 14.5. The van der Waals surface area contributed by atoms with Crippen LogP contribution >= 0.6 is 0 Å². The van der Waals surface area contributed by atoms with Crippen LogP contribution in [0.3, 0.4) is 0 Å². The van der Waals surface area contributed by atoms with Crippen LogP contribution in [0.5, 0.6) is 0 Å². The van der Waals surface area contributed by atoms with Gasteiger partial charge in [0.15, 0.2) is 0 Å². The summed E-state index contributed by atoms with van der Waals surface area (Å²) >= 11 is 0. The topological polar surface area (TPSA) is 12.5 Å². The second-order valence-electron chi connectivity index (χ2n) is 5.72. The summed E-state index contributed by atoms with van der Waals surface area (Å²) < 4.78 is 5.82. The molecule has 0 spiro atoms. The third kappa shape index (κ3) is 3.45. The largest absolute Gasteiger partial charge is 0.379 e. The van der Waals surface area contributed by atoms with E-state index in [4.69, 9.17) is 4.74 Å². The second kappa shape index (κ2) is 6.77. The molecule has 2 aromatic rings. The summed E-state index contributed by atoms with van der Waals surface area (Å²) in [4.78, 5) is 2.47. The highest BCUT2D eigenvalue weighted by molar-refractivity contribution is 5.59. The molecule has 1 atom stereocenters. The molecular formula is C19H23NO. The van der Waals surface area contributed by atoms with Crippen LogP contribution in [0.15, 0.2) is 54.6 Å². The van der Waals surface area contributed by atoms with Gasteiger partial charge in [-0.05, 0) is 37.0 Å². The predicted molar refractivity (Wildman–Crippen MR) is 87.9 cm³/mol. The Balaban J connectivity index is 1.44. The van der Waals surface area contributed by atoms with Crippen LogP contribution in [0.4, 0.5) is 5.69 Å². The molecule has 1 aliphatic rings. The van der Waals surface area contributed by atoms with Crippen molar-refractivity contribution < 1.29 is 4.74 Å². The SMILES string of the molecule is CC1Cc2ccccc2N1CCOCCc1ccccc1. The van der Waals surface area contributed by atoms with Gasteiger partial charge in [0.05, 0.1) is 13.2 Å². The molecule has 1 aliphatic heterocycles. The predicted octanol–water partition coefficient (Wildman–Crippen LogP) is 3.70. The first-order valence-electron chi connectivity index (χ1n) is 7.81. The van der Waals surface area contributed by atoms with Crippen molar-refractivity contribution in [3.63, 3.8) is 0 Å². The molecule has 21 heavy (non-hydrogen) atoms. The van der Waals surface area contributed by atoms with E-state index in [-0.39, 0.29) is 0 Å². The molecule has 110 valence electrons. The van der Waals surface area contributed by atoms with Crippen LogP contribution in [0.2, 0.25) is 0 Å². The third-order valence-corrected chi connectivity index (χ3v) is 4.20. The molecule has 0 saturated heterocycles. The smallest absolute Gasteiger partial charge is 0.0641 e. The van der Waals surface area contributed by atoms with Crippen LogP contribution in [0, 0.1) is 0 Å². The van der Waals surface area contributed by atoms with E-state index in [0.717, 1.165) is 32.6 Å². The summed E-state index contributed by atoms with van der Waals surface area (Å²) in [5.74, 6) is 0. The number of hydrogen-bond acceptors (Lipinski definition) is 2. The van der Waals surface area contributed by atoms with Gasteiger partial charge in [-0.2, -0.15) is 0 Å². The van der Waals surface area contributed by atoms with Crippen molar-refractivity contribution in [3.05, 3.63) is 65.7 Å². The molecule has 0 aromatic heterocycles. The first kappa shape index (κ1) is 14.2. The fraction of sp³-hybridized carbons (Fsp3) is 0.368. The third-order valence-electron chi connectivity index (χ3n) is 4.20. The quantitative estimate of drug-likeness (QED) is 0.749. The molecule has 0 radical (unpaired) electrons. The highest BCUT2D eigenvalue weighted by Crippen LogP contribution is 2.31. The molecule has 0 amide bonds. The minimum Gasteiger partial charge on any atom is -0.379 e. The van der Waals surface area contributed by atoms with Crippen LogP contribution < -0.4 is 4.90 Å². The van der Waals surface area contributed by atoms with Crippen LogP contribution in [-0.4, -0.2) is 25.8 Å². The maximum absolute atomic E-state index is 5.82. The summed E-state index contributed by atoms with van der Waals surface area (Å²) in [6.07, 6.45) is 2.15. The van der Waals surface area contributed by atoms with Crippen LogP contribution in [0.1, 0.15) is 18.1 Å². The zero-order valence-electron chi connectivity index (χ0n) is 12.7. The van der Waals surface area contributed by atoms with Gasteiger partial charge in [-0.1, -0.05) is 48.5 Å². The monoisotopic (exact) mass is 281 g/mol. The van der Waals surface area contributed by atoms with Gasteiger partial charge >= 0.3 is 0 Å². The Bertz CT molecular complexity index is 567. The second-order valence-corrected chi connectivity index (χ2v) is 5.72. The van der Waals surface area contributed by atoms with E-state index >= 15 is 0 Å². The van der Waals surface area contributed by atoms with E-state index in [2.05, 4.69) is 66.4 Å². The van der Waals surface area contributed by atoms with Crippen molar-refractivity contribution in [1.29, 1.82) is 0 Å². The normalized spacial score (nSPS) is 17.0. The highest BCUT2D eigenvalue weighted by atomic mass is 16.5. The summed E-state index contributed by atoms with van der Waals surface area (Å²) in [5.41, 5.74) is 4.20. The minimum absolute atomic E-state index is 0.583. The van der Waals surface area contributed by atoms with E-state index in [9.17, 15) is 0 Å². The number of fused-ring (bicyclic) bond motifs is 1. The maximum Gasteiger partial charge on any atom is 0.0641 e. The molecule has 0 fully saturated rings.